The summed E-state index contributed by atoms with van der Waals surface area (Å²) >= 11 is 0. The molecule has 1 rings (SSSR count). The van der Waals surface area contributed by atoms with Crippen molar-refractivity contribution in [3.63, 3.8) is 0 Å². The number of ether oxygens (including phenoxy) is 1. The molecular formula is C14H17FO3. The summed E-state index contributed by atoms with van der Waals surface area (Å²) in [5, 5.41) is 8.46. The Labute approximate surface area is 106 Å². The topological polar surface area (TPSA) is 46.5 Å². The smallest absolute Gasteiger partial charge is 0.328 e. The molecular weight excluding hydrogens is 235 g/mol. The second kappa shape index (κ2) is 7.61. The fourth-order valence-electron chi connectivity index (χ4n) is 1.38. The summed E-state index contributed by atoms with van der Waals surface area (Å²) in [6.45, 7) is 2.93. The van der Waals surface area contributed by atoms with Crippen molar-refractivity contribution >= 4 is 12.0 Å². The number of carboxylic acids is 1. The number of halogens is 1. The first-order valence-electron chi connectivity index (χ1n) is 5.90. The van der Waals surface area contributed by atoms with E-state index in [2.05, 4.69) is 6.92 Å². The van der Waals surface area contributed by atoms with Crippen molar-refractivity contribution in [3.05, 3.63) is 41.2 Å². The maximum Gasteiger partial charge on any atom is 0.328 e. The maximum atomic E-state index is 13.6. The van der Waals surface area contributed by atoms with Crippen LogP contribution < -0.4 is 0 Å². The summed E-state index contributed by atoms with van der Waals surface area (Å²) in [4.78, 5) is 10.3. The van der Waals surface area contributed by atoms with Gasteiger partial charge in [0.15, 0.2) is 0 Å². The molecule has 0 spiro atoms. The maximum absolute atomic E-state index is 13.6. The van der Waals surface area contributed by atoms with Crippen molar-refractivity contribution in [2.45, 2.75) is 26.4 Å². The highest BCUT2D eigenvalue weighted by molar-refractivity contribution is 5.85. The van der Waals surface area contributed by atoms with Gasteiger partial charge in [-0.15, -0.1) is 0 Å². The second-order valence-corrected chi connectivity index (χ2v) is 3.93. The molecule has 1 aromatic carbocycles. The monoisotopic (exact) mass is 252 g/mol. The number of hydrogen-bond acceptors (Lipinski definition) is 2. The SMILES string of the molecule is CCCCOCc1ccc(/C=C/C(=O)O)cc1F. The quantitative estimate of drug-likeness (QED) is 0.598. The van der Waals surface area contributed by atoms with Gasteiger partial charge in [-0.2, -0.15) is 0 Å². The minimum atomic E-state index is -1.05. The van der Waals surface area contributed by atoms with E-state index in [4.69, 9.17) is 9.84 Å². The molecule has 0 saturated carbocycles. The summed E-state index contributed by atoms with van der Waals surface area (Å²) in [6, 6.07) is 4.59. The van der Waals surface area contributed by atoms with E-state index in [0.29, 0.717) is 17.7 Å². The number of hydrogen-bond donors (Lipinski definition) is 1. The molecule has 98 valence electrons. The molecule has 0 unspecified atom stereocenters. The summed E-state index contributed by atoms with van der Waals surface area (Å²) in [7, 11) is 0. The predicted octanol–water partition coefficient (Wildman–Crippen LogP) is 3.24. The summed E-state index contributed by atoms with van der Waals surface area (Å²) in [5.74, 6) is -1.43. The van der Waals surface area contributed by atoms with E-state index in [-0.39, 0.29) is 12.4 Å². The van der Waals surface area contributed by atoms with Crippen molar-refractivity contribution in [2.75, 3.05) is 6.61 Å². The van der Waals surface area contributed by atoms with Gasteiger partial charge in [-0.25, -0.2) is 9.18 Å². The van der Waals surface area contributed by atoms with Crippen LogP contribution in [0, 0.1) is 5.82 Å². The fraction of sp³-hybridized carbons (Fsp3) is 0.357. The fourth-order valence-corrected chi connectivity index (χ4v) is 1.38. The Hall–Kier alpha value is -1.68. The molecule has 0 aliphatic carbocycles. The van der Waals surface area contributed by atoms with Crippen LogP contribution in [-0.2, 0) is 16.1 Å². The van der Waals surface area contributed by atoms with Gasteiger partial charge in [0.25, 0.3) is 0 Å². The highest BCUT2D eigenvalue weighted by Gasteiger charge is 2.02. The van der Waals surface area contributed by atoms with Crippen LogP contribution in [0.25, 0.3) is 6.08 Å². The highest BCUT2D eigenvalue weighted by Crippen LogP contribution is 2.13. The molecule has 3 nitrogen and oxygen atoms in total. The number of carboxylic acid groups (broad SMARTS) is 1. The molecule has 18 heavy (non-hydrogen) atoms. The van der Waals surface area contributed by atoms with Crippen molar-refractivity contribution in [1.29, 1.82) is 0 Å². The average molecular weight is 252 g/mol. The molecule has 0 atom stereocenters. The van der Waals surface area contributed by atoms with Gasteiger partial charge in [0.05, 0.1) is 6.61 Å². The van der Waals surface area contributed by atoms with Gasteiger partial charge in [0.1, 0.15) is 5.82 Å². The van der Waals surface area contributed by atoms with Crippen molar-refractivity contribution in [2.24, 2.45) is 0 Å². The van der Waals surface area contributed by atoms with Crippen LogP contribution in [0.4, 0.5) is 4.39 Å². The first-order chi connectivity index (χ1) is 8.63. The lowest BCUT2D eigenvalue weighted by Gasteiger charge is -2.05. The van der Waals surface area contributed by atoms with E-state index in [9.17, 15) is 9.18 Å². The zero-order chi connectivity index (χ0) is 13.4. The molecule has 0 amide bonds. The lowest BCUT2D eigenvalue weighted by molar-refractivity contribution is -0.131. The van der Waals surface area contributed by atoms with E-state index in [1.165, 1.54) is 12.1 Å². The zero-order valence-corrected chi connectivity index (χ0v) is 10.4. The first-order valence-corrected chi connectivity index (χ1v) is 5.90. The Morgan fingerprint density at radius 2 is 2.28 bits per heavy atom. The number of carbonyl (C=O) groups is 1. The second-order valence-electron chi connectivity index (χ2n) is 3.93. The van der Waals surface area contributed by atoms with E-state index in [1.54, 1.807) is 12.1 Å². The van der Waals surface area contributed by atoms with Crippen LogP contribution in [-0.4, -0.2) is 17.7 Å². The lowest BCUT2D eigenvalue weighted by Crippen LogP contribution is -1.98. The Balaban J connectivity index is 2.59. The van der Waals surface area contributed by atoms with E-state index in [1.807, 2.05) is 0 Å². The molecule has 4 heteroatoms. The van der Waals surface area contributed by atoms with Gasteiger partial charge in [-0.05, 0) is 24.1 Å². The van der Waals surface area contributed by atoms with Crippen molar-refractivity contribution in [1.82, 2.24) is 0 Å². The van der Waals surface area contributed by atoms with Gasteiger partial charge < -0.3 is 9.84 Å². The van der Waals surface area contributed by atoms with Gasteiger partial charge in [0.2, 0.25) is 0 Å². The number of aliphatic carboxylic acids is 1. The largest absolute Gasteiger partial charge is 0.478 e. The first kappa shape index (κ1) is 14.4. The van der Waals surface area contributed by atoms with Crippen LogP contribution in [0.3, 0.4) is 0 Å². The number of rotatable bonds is 7. The third-order valence-electron chi connectivity index (χ3n) is 2.40. The van der Waals surface area contributed by atoms with Crippen molar-refractivity contribution < 1.29 is 19.0 Å². The highest BCUT2D eigenvalue weighted by atomic mass is 19.1. The van der Waals surface area contributed by atoms with E-state index in [0.717, 1.165) is 18.9 Å². The zero-order valence-electron chi connectivity index (χ0n) is 10.4. The standard InChI is InChI=1S/C14H17FO3/c1-2-3-8-18-10-12-6-4-11(9-13(12)15)5-7-14(16)17/h4-7,9H,2-3,8,10H2,1H3,(H,16,17)/b7-5+. The van der Waals surface area contributed by atoms with Crippen LogP contribution in [0.15, 0.2) is 24.3 Å². The molecule has 0 aromatic heterocycles. The lowest BCUT2D eigenvalue weighted by atomic mass is 10.1. The molecule has 1 N–H and O–H groups in total. The van der Waals surface area contributed by atoms with Gasteiger partial charge in [0, 0.05) is 18.2 Å². The predicted molar refractivity (Wildman–Crippen MR) is 67.6 cm³/mol. The Kier molecular flexibility index (Phi) is 6.08. The normalized spacial score (nSPS) is 11.0. The van der Waals surface area contributed by atoms with Gasteiger partial charge in [-0.3, -0.25) is 0 Å². The van der Waals surface area contributed by atoms with Gasteiger partial charge in [-0.1, -0.05) is 25.5 Å². The summed E-state index contributed by atoms with van der Waals surface area (Å²) < 4.78 is 18.9. The third-order valence-corrected chi connectivity index (χ3v) is 2.40. The van der Waals surface area contributed by atoms with E-state index >= 15 is 0 Å². The third kappa shape index (κ3) is 5.10. The van der Waals surface area contributed by atoms with Gasteiger partial charge >= 0.3 is 5.97 Å². The molecule has 0 radical (unpaired) electrons. The average Bonchev–Trinajstić information content (AvgIpc) is 2.34. The molecule has 0 heterocycles. The molecule has 0 aliphatic rings. The van der Waals surface area contributed by atoms with Crippen LogP contribution in [0.1, 0.15) is 30.9 Å². The Bertz CT molecular complexity index is 427. The molecule has 1 aromatic rings. The van der Waals surface area contributed by atoms with Crippen molar-refractivity contribution in [3.8, 4) is 0 Å². The minimum Gasteiger partial charge on any atom is -0.478 e. The number of benzene rings is 1. The molecule has 0 fully saturated rings. The number of unbranched alkanes of at least 4 members (excludes halogenated alkanes) is 1. The van der Waals surface area contributed by atoms with Crippen LogP contribution in [0.5, 0.6) is 0 Å². The Morgan fingerprint density at radius 3 is 2.89 bits per heavy atom. The Morgan fingerprint density at radius 1 is 1.50 bits per heavy atom. The van der Waals surface area contributed by atoms with E-state index < -0.39 is 5.97 Å². The van der Waals surface area contributed by atoms with Crippen LogP contribution in [0.2, 0.25) is 0 Å². The molecule has 0 aliphatic heterocycles. The molecule has 0 bridgehead atoms. The summed E-state index contributed by atoms with van der Waals surface area (Å²) in [6.07, 6.45) is 4.34. The van der Waals surface area contributed by atoms with Crippen LogP contribution >= 0.6 is 0 Å². The molecule has 0 saturated heterocycles. The minimum absolute atomic E-state index is 0.245. The summed E-state index contributed by atoms with van der Waals surface area (Å²) in [5.41, 5.74) is 1.01.